The minimum Gasteiger partial charge on any atom is -0.341 e. The number of benzene rings is 1. The summed E-state index contributed by atoms with van der Waals surface area (Å²) in [7, 11) is -3.29. The molecule has 1 aromatic rings. The van der Waals surface area contributed by atoms with Crippen molar-refractivity contribution in [2.24, 2.45) is 11.7 Å². The Morgan fingerprint density at radius 1 is 1.29 bits per heavy atom. The molecule has 0 bridgehead atoms. The second-order valence-electron chi connectivity index (χ2n) is 5.38. The number of carbonyl (C=O) groups excluding carboxylic acids is 1. The van der Waals surface area contributed by atoms with Crippen LogP contribution in [0, 0.1) is 5.92 Å². The number of nitrogens with two attached hydrogens (primary N) is 1. The third-order valence-electron chi connectivity index (χ3n) is 3.71. The first kappa shape index (κ1) is 17.9. The third-order valence-corrected chi connectivity index (χ3v) is 4.48. The van der Waals surface area contributed by atoms with Gasteiger partial charge in [0.05, 0.1) is 0 Å². The van der Waals surface area contributed by atoms with E-state index in [0.717, 1.165) is 11.8 Å². The van der Waals surface area contributed by atoms with E-state index in [4.69, 9.17) is 5.73 Å². The molecule has 0 radical (unpaired) electrons. The van der Waals surface area contributed by atoms with E-state index in [0.29, 0.717) is 19.6 Å². The smallest absolute Gasteiger partial charge is 0.237 e. The highest BCUT2D eigenvalue weighted by molar-refractivity contribution is 7.91. The fraction of sp³-hybridized carbons (Fsp3) is 0.500. The lowest BCUT2D eigenvalue weighted by Crippen LogP contribution is -2.34. The molecule has 0 aromatic heterocycles. The predicted octanol–water partition coefficient (Wildman–Crippen LogP) is 0.654. The average Bonchev–Trinajstić information content (AvgIpc) is 2.82. The van der Waals surface area contributed by atoms with Crippen LogP contribution in [-0.4, -0.2) is 50.9 Å². The zero-order valence-corrected chi connectivity index (χ0v) is 13.6. The molecule has 0 aliphatic carbocycles. The van der Waals surface area contributed by atoms with E-state index in [1.807, 2.05) is 30.3 Å². The minimum atomic E-state index is -3.29. The molecule has 2 atom stereocenters. The van der Waals surface area contributed by atoms with E-state index in [9.17, 15) is 13.2 Å². The maximum atomic E-state index is 12.0. The zero-order valence-electron chi connectivity index (χ0n) is 11.9. The van der Waals surface area contributed by atoms with Crippen LogP contribution in [-0.2, 0) is 14.6 Å². The fourth-order valence-electron chi connectivity index (χ4n) is 2.71. The molecule has 0 spiro atoms. The van der Waals surface area contributed by atoms with Crippen molar-refractivity contribution in [3.05, 3.63) is 35.9 Å². The summed E-state index contributed by atoms with van der Waals surface area (Å²) in [5, 5.41) is 0. The number of likely N-dealkylation sites (tertiary alicyclic amines) is 1. The predicted molar refractivity (Wildman–Crippen MR) is 85.3 cm³/mol. The van der Waals surface area contributed by atoms with Crippen LogP contribution in [0.5, 0.6) is 0 Å². The quantitative estimate of drug-likeness (QED) is 0.878. The number of nitrogens with zero attached hydrogens (tertiary/aromatic N) is 1. The van der Waals surface area contributed by atoms with Crippen LogP contribution >= 0.6 is 12.4 Å². The molecular formula is C14H21ClN2O3S. The van der Waals surface area contributed by atoms with Crippen molar-refractivity contribution in [3.63, 3.8) is 0 Å². The monoisotopic (exact) mass is 332 g/mol. The molecule has 0 unspecified atom stereocenters. The van der Waals surface area contributed by atoms with Gasteiger partial charge in [0.25, 0.3) is 0 Å². The van der Waals surface area contributed by atoms with Crippen molar-refractivity contribution in [2.75, 3.05) is 31.6 Å². The molecule has 1 fully saturated rings. The molecule has 5 nitrogen and oxygen atoms in total. The van der Waals surface area contributed by atoms with Gasteiger partial charge in [0, 0.05) is 25.3 Å². The SMILES string of the molecule is CS(=O)(=O)CC(=O)N1C[C@@H](CN)[C@H](c2ccccc2)C1.Cl. The lowest BCUT2D eigenvalue weighted by molar-refractivity contribution is -0.127. The minimum absolute atomic E-state index is 0. The standard InChI is InChI=1S/C14H20N2O3S.ClH/c1-20(18,19)10-14(17)16-8-12(7-15)13(9-16)11-5-3-2-4-6-11;/h2-6,12-13H,7-10,15H2,1H3;1H/t12-,13+;/m1./s1. The number of hydrogen-bond donors (Lipinski definition) is 1. The third kappa shape index (κ3) is 4.69. The summed E-state index contributed by atoms with van der Waals surface area (Å²) in [6.07, 6.45) is 1.08. The van der Waals surface area contributed by atoms with Crippen LogP contribution in [0.3, 0.4) is 0 Å². The van der Waals surface area contributed by atoms with Crippen molar-refractivity contribution < 1.29 is 13.2 Å². The summed E-state index contributed by atoms with van der Waals surface area (Å²) < 4.78 is 22.5. The highest BCUT2D eigenvalue weighted by Crippen LogP contribution is 2.32. The van der Waals surface area contributed by atoms with Crippen molar-refractivity contribution in [1.82, 2.24) is 4.90 Å². The Hall–Kier alpha value is -1.11. The van der Waals surface area contributed by atoms with Crippen LogP contribution in [0.25, 0.3) is 0 Å². The lowest BCUT2D eigenvalue weighted by atomic mass is 9.89. The van der Waals surface area contributed by atoms with Gasteiger partial charge in [0.15, 0.2) is 9.84 Å². The summed E-state index contributed by atoms with van der Waals surface area (Å²) in [5.74, 6) is -0.388. The van der Waals surface area contributed by atoms with E-state index < -0.39 is 15.6 Å². The van der Waals surface area contributed by atoms with Crippen LogP contribution in [0.4, 0.5) is 0 Å². The first-order chi connectivity index (χ1) is 9.40. The Kier molecular flexibility index (Phi) is 6.19. The van der Waals surface area contributed by atoms with Crippen LogP contribution < -0.4 is 5.73 Å². The summed E-state index contributed by atoms with van der Waals surface area (Å²) in [4.78, 5) is 13.6. The highest BCUT2D eigenvalue weighted by atomic mass is 35.5. The Morgan fingerprint density at radius 2 is 1.90 bits per heavy atom. The molecule has 21 heavy (non-hydrogen) atoms. The normalized spacial score (nSPS) is 21.9. The number of rotatable bonds is 4. The number of sulfone groups is 1. The average molecular weight is 333 g/mol. The van der Waals surface area contributed by atoms with Crippen LogP contribution in [0.2, 0.25) is 0 Å². The topological polar surface area (TPSA) is 80.5 Å². The van der Waals surface area contributed by atoms with E-state index in [-0.39, 0.29) is 30.2 Å². The number of amides is 1. The molecule has 2 rings (SSSR count). The molecule has 1 aromatic carbocycles. The summed E-state index contributed by atoms with van der Waals surface area (Å²) >= 11 is 0. The van der Waals surface area contributed by atoms with Gasteiger partial charge in [-0.1, -0.05) is 30.3 Å². The Bertz CT molecular complexity index is 577. The molecule has 118 valence electrons. The molecule has 1 heterocycles. The van der Waals surface area contributed by atoms with Crippen LogP contribution in [0.15, 0.2) is 30.3 Å². The van der Waals surface area contributed by atoms with Gasteiger partial charge < -0.3 is 10.6 Å². The fourth-order valence-corrected chi connectivity index (χ4v) is 3.34. The Labute approximate surface area is 131 Å². The van der Waals surface area contributed by atoms with Gasteiger partial charge in [-0.15, -0.1) is 12.4 Å². The van der Waals surface area contributed by atoms with Crippen LogP contribution in [0.1, 0.15) is 11.5 Å². The summed E-state index contributed by atoms with van der Waals surface area (Å²) in [5.41, 5.74) is 6.95. The maximum absolute atomic E-state index is 12.0. The largest absolute Gasteiger partial charge is 0.341 e. The Balaban J connectivity index is 0.00000220. The van der Waals surface area contributed by atoms with Gasteiger partial charge in [-0.2, -0.15) is 0 Å². The number of carbonyl (C=O) groups is 1. The van der Waals surface area contributed by atoms with Gasteiger partial charge in [0.2, 0.25) is 5.91 Å². The molecule has 1 aliphatic rings. The molecule has 1 saturated heterocycles. The van der Waals surface area contributed by atoms with E-state index >= 15 is 0 Å². The number of hydrogen-bond acceptors (Lipinski definition) is 4. The molecule has 7 heteroatoms. The molecule has 0 saturated carbocycles. The zero-order chi connectivity index (χ0) is 14.8. The molecule has 1 aliphatic heterocycles. The maximum Gasteiger partial charge on any atom is 0.237 e. The van der Waals surface area contributed by atoms with Gasteiger partial charge in [-0.05, 0) is 18.0 Å². The first-order valence-corrected chi connectivity index (χ1v) is 8.67. The lowest BCUT2D eigenvalue weighted by Gasteiger charge is -2.16. The van der Waals surface area contributed by atoms with Gasteiger partial charge >= 0.3 is 0 Å². The van der Waals surface area contributed by atoms with Crippen molar-refractivity contribution in [3.8, 4) is 0 Å². The van der Waals surface area contributed by atoms with E-state index in [1.54, 1.807) is 4.90 Å². The molecular weight excluding hydrogens is 312 g/mol. The number of halogens is 1. The van der Waals surface area contributed by atoms with E-state index in [2.05, 4.69) is 0 Å². The van der Waals surface area contributed by atoms with Crippen molar-refractivity contribution in [2.45, 2.75) is 5.92 Å². The molecule has 1 amide bonds. The van der Waals surface area contributed by atoms with Crippen molar-refractivity contribution in [1.29, 1.82) is 0 Å². The Morgan fingerprint density at radius 3 is 2.43 bits per heavy atom. The molecule has 2 N–H and O–H groups in total. The van der Waals surface area contributed by atoms with E-state index in [1.165, 1.54) is 0 Å². The first-order valence-electron chi connectivity index (χ1n) is 6.61. The van der Waals surface area contributed by atoms with Crippen molar-refractivity contribution >= 4 is 28.2 Å². The van der Waals surface area contributed by atoms with Gasteiger partial charge in [-0.3, -0.25) is 4.79 Å². The highest BCUT2D eigenvalue weighted by Gasteiger charge is 2.35. The van der Waals surface area contributed by atoms with Gasteiger partial charge in [0.1, 0.15) is 5.75 Å². The second-order valence-corrected chi connectivity index (χ2v) is 7.52. The summed E-state index contributed by atoms with van der Waals surface area (Å²) in [6, 6.07) is 9.92. The second kappa shape index (κ2) is 7.24. The summed E-state index contributed by atoms with van der Waals surface area (Å²) in [6.45, 7) is 1.56. The van der Waals surface area contributed by atoms with Gasteiger partial charge in [-0.25, -0.2) is 8.42 Å².